The average Bonchev–Trinajstić information content (AvgIpc) is 2.51. The van der Waals surface area contributed by atoms with Gasteiger partial charge in [-0.15, -0.1) is 24.0 Å². The normalized spacial score (nSPS) is 12.3. The van der Waals surface area contributed by atoms with Crippen molar-refractivity contribution in [2.24, 2.45) is 4.99 Å². The van der Waals surface area contributed by atoms with Gasteiger partial charge in [-0.2, -0.15) is 11.8 Å². The Labute approximate surface area is 160 Å². The lowest BCUT2D eigenvalue weighted by atomic mass is 10.2. The number of hydrogen-bond acceptors (Lipinski definition) is 4. The molecule has 1 unspecified atom stereocenters. The van der Waals surface area contributed by atoms with E-state index in [-0.39, 0.29) is 30.6 Å². The number of benzene rings is 1. The van der Waals surface area contributed by atoms with Gasteiger partial charge in [0.25, 0.3) is 0 Å². The first-order valence-corrected chi connectivity index (χ1v) is 8.93. The van der Waals surface area contributed by atoms with Crippen molar-refractivity contribution in [1.29, 1.82) is 0 Å². The van der Waals surface area contributed by atoms with Gasteiger partial charge in [-0.25, -0.2) is 0 Å². The number of thioether (sulfide) groups is 1. The van der Waals surface area contributed by atoms with E-state index in [1.807, 2.05) is 38.1 Å². The number of ether oxygens (including phenoxy) is 1. The lowest BCUT2D eigenvalue weighted by molar-refractivity contribution is 0.114. The second-order valence-electron chi connectivity index (χ2n) is 4.92. The standard InChI is InChI=1S/C16H27N3O2S.HI/c1-4-17-16(18-8-9-22-3)19-11-14(20)12-21-15-7-5-6-13(2)10-15;/h5-7,10,14,20H,4,8-9,11-12H2,1-3H3,(H2,17,18,19);1H. The van der Waals surface area contributed by atoms with Gasteiger partial charge in [0, 0.05) is 18.8 Å². The van der Waals surface area contributed by atoms with Crippen LogP contribution in [-0.4, -0.2) is 55.4 Å². The molecular weight excluding hydrogens is 425 g/mol. The van der Waals surface area contributed by atoms with Crippen LogP contribution in [0.25, 0.3) is 0 Å². The van der Waals surface area contributed by atoms with Crippen molar-refractivity contribution in [3.8, 4) is 5.75 Å². The quantitative estimate of drug-likeness (QED) is 0.232. The van der Waals surface area contributed by atoms with Crippen LogP contribution in [0, 0.1) is 6.92 Å². The summed E-state index contributed by atoms with van der Waals surface area (Å²) in [6.45, 7) is 6.21. The Kier molecular flexibility index (Phi) is 13.3. The Morgan fingerprint density at radius 1 is 1.39 bits per heavy atom. The molecule has 1 rings (SSSR count). The topological polar surface area (TPSA) is 65.9 Å². The molecule has 0 spiro atoms. The number of guanidine groups is 1. The maximum Gasteiger partial charge on any atom is 0.191 e. The molecule has 0 fully saturated rings. The lowest BCUT2D eigenvalue weighted by Gasteiger charge is -2.13. The van der Waals surface area contributed by atoms with E-state index in [9.17, 15) is 5.11 Å². The van der Waals surface area contributed by atoms with Crippen LogP contribution in [0.15, 0.2) is 29.3 Å². The molecular formula is C16H28IN3O2S. The SMILES string of the molecule is CCNC(=NCC(O)COc1cccc(C)c1)NCCSC.I. The summed E-state index contributed by atoms with van der Waals surface area (Å²) in [6, 6.07) is 7.78. The minimum absolute atomic E-state index is 0. The van der Waals surface area contributed by atoms with E-state index in [4.69, 9.17) is 4.74 Å². The van der Waals surface area contributed by atoms with E-state index in [0.717, 1.165) is 36.1 Å². The molecule has 0 bridgehead atoms. The summed E-state index contributed by atoms with van der Waals surface area (Å²) in [5.41, 5.74) is 1.14. The molecule has 5 nitrogen and oxygen atoms in total. The first-order valence-electron chi connectivity index (χ1n) is 7.54. The van der Waals surface area contributed by atoms with E-state index >= 15 is 0 Å². The lowest BCUT2D eigenvalue weighted by Crippen LogP contribution is -2.39. The van der Waals surface area contributed by atoms with Crippen LogP contribution in [0.1, 0.15) is 12.5 Å². The molecule has 0 aliphatic heterocycles. The van der Waals surface area contributed by atoms with Crippen molar-refractivity contribution in [1.82, 2.24) is 10.6 Å². The van der Waals surface area contributed by atoms with Crippen LogP contribution in [0.3, 0.4) is 0 Å². The molecule has 0 aliphatic carbocycles. The number of nitrogens with zero attached hydrogens (tertiary/aromatic N) is 1. The summed E-state index contributed by atoms with van der Waals surface area (Å²) in [4.78, 5) is 4.37. The molecule has 0 aromatic heterocycles. The van der Waals surface area contributed by atoms with Gasteiger partial charge >= 0.3 is 0 Å². The number of aliphatic hydroxyl groups is 1. The Bertz CT molecular complexity index is 461. The van der Waals surface area contributed by atoms with Gasteiger partial charge in [0.2, 0.25) is 0 Å². The Morgan fingerprint density at radius 2 is 2.17 bits per heavy atom. The predicted molar refractivity (Wildman–Crippen MR) is 110 cm³/mol. The number of halogens is 1. The molecule has 1 atom stereocenters. The largest absolute Gasteiger partial charge is 0.491 e. The summed E-state index contributed by atoms with van der Waals surface area (Å²) in [5.74, 6) is 2.52. The maximum atomic E-state index is 9.98. The van der Waals surface area contributed by atoms with Crippen molar-refractivity contribution < 1.29 is 9.84 Å². The second kappa shape index (κ2) is 13.7. The molecule has 0 amide bonds. The van der Waals surface area contributed by atoms with Crippen LogP contribution >= 0.6 is 35.7 Å². The highest BCUT2D eigenvalue weighted by Gasteiger charge is 2.06. The van der Waals surface area contributed by atoms with Gasteiger partial charge in [0.1, 0.15) is 18.5 Å². The van der Waals surface area contributed by atoms with Gasteiger partial charge in [-0.3, -0.25) is 4.99 Å². The van der Waals surface area contributed by atoms with E-state index < -0.39 is 6.10 Å². The van der Waals surface area contributed by atoms with E-state index in [0.29, 0.717) is 6.54 Å². The highest BCUT2D eigenvalue weighted by molar-refractivity contribution is 14.0. The molecule has 0 aliphatic rings. The fourth-order valence-electron chi connectivity index (χ4n) is 1.76. The van der Waals surface area contributed by atoms with Crippen LogP contribution in [0.4, 0.5) is 0 Å². The van der Waals surface area contributed by atoms with Crippen molar-refractivity contribution in [3.63, 3.8) is 0 Å². The van der Waals surface area contributed by atoms with Gasteiger partial charge in [-0.05, 0) is 37.8 Å². The van der Waals surface area contributed by atoms with E-state index in [2.05, 4.69) is 21.9 Å². The van der Waals surface area contributed by atoms with Crippen molar-refractivity contribution in [2.75, 3.05) is 38.2 Å². The van der Waals surface area contributed by atoms with Crippen LogP contribution in [0.2, 0.25) is 0 Å². The number of nitrogens with one attached hydrogen (secondary N) is 2. The maximum absolute atomic E-state index is 9.98. The Hall–Kier alpha value is -0.670. The molecule has 1 aromatic rings. The molecule has 23 heavy (non-hydrogen) atoms. The van der Waals surface area contributed by atoms with Gasteiger partial charge in [0.15, 0.2) is 5.96 Å². The second-order valence-corrected chi connectivity index (χ2v) is 5.91. The van der Waals surface area contributed by atoms with E-state index in [1.54, 1.807) is 11.8 Å². The summed E-state index contributed by atoms with van der Waals surface area (Å²) in [7, 11) is 0. The minimum Gasteiger partial charge on any atom is -0.491 e. The van der Waals surface area contributed by atoms with Crippen LogP contribution in [-0.2, 0) is 0 Å². The van der Waals surface area contributed by atoms with Gasteiger partial charge in [0.05, 0.1) is 6.54 Å². The van der Waals surface area contributed by atoms with Gasteiger partial charge < -0.3 is 20.5 Å². The Balaban J connectivity index is 0.00000484. The molecule has 1 aromatic carbocycles. The summed E-state index contributed by atoms with van der Waals surface area (Å²) >= 11 is 1.78. The molecule has 0 saturated heterocycles. The summed E-state index contributed by atoms with van der Waals surface area (Å²) in [5, 5.41) is 16.4. The molecule has 132 valence electrons. The number of hydrogen-bond donors (Lipinski definition) is 3. The average molecular weight is 453 g/mol. The van der Waals surface area contributed by atoms with Crippen molar-refractivity contribution in [3.05, 3.63) is 29.8 Å². The number of aliphatic hydroxyl groups excluding tert-OH is 1. The first kappa shape index (κ1) is 22.3. The third kappa shape index (κ3) is 10.7. The summed E-state index contributed by atoms with van der Waals surface area (Å²) < 4.78 is 5.58. The Morgan fingerprint density at radius 3 is 2.83 bits per heavy atom. The van der Waals surface area contributed by atoms with E-state index in [1.165, 1.54) is 0 Å². The number of aryl methyl sites for hydroxylation is 1. The number of aliphatic imine (C=N–C) groups is 1. The smallest absolute Gasteiger partial charge is 0.191 e. The molecule has 3 N–H and O–H groups in total. The van der Waals surface area contributed by atoms with Crippen molar-refractivity contribution >= 4 is 41.7 Å². The summed E-state index contributed by atoms with van der Waals surface area (Å²) in [6.07, 6.45) is 1.44. The number of rotatable bonds is 9. The fourth-order valence-corrected chi connectivity index (χ4v) is 2.07. The molecule has 0 saturated carbocycles. The first-order chi connectivity index (χ1) is 10.7. The zero-order chi connectivity index (χ0) is 16.2. The van der Waals surface area contributed by atoms with Crippen LogP contribution in [0.5, 0.6) is 5.75 Å². The zero-order valence-electron chi connectivity index (χ0n) is 14.0. The highest BCUT2D eigenvalue weighted by atomic mass is 127. The monoisotopic (exact) mass is 453 g/mol. The van der Waals surface area contributed by atoms with Crippen molar-refractivity contribution in [2.45, 2.75) is 20.0 Å². The zero-order valence-corrected chi connectivity index (χ0v) is 17.2. The highest BCUT2D eigenvalue weighted by Crippen LogP contribution is 2.12. The fraction of sp³-hybridized carbons (Fsp3) is 0.562. The predicted octanol–water partition coefficient (Wildman–Crippen LogP) is 2.27. The molecule has 7 heteroatoms. The minimum atomic E-state index is -0.628. The van der Waals surface area contributed by atoms with Crippen LogP contribution < -0.4 is 15.4 Å². The third-order valence-electron chi connectivity index (χ3n) is 2.83. The molecule has 0 heterocycles. The third-order valence-corrected chi connectivity index (χ3v) is 3.45. The molecule has 0 radical (unpaired) electrons. The van der Waals surface area contributed by atoms with Gasteiger partial charge in [-0.1, -0.05) is 12.1 Å².